The molecule has 1 fully saturated rings. The molecular formula is C24H30N6O. The number of nitrogens with zero attached hydrogens (tertiary/aromatic N) is 5. The maximum atomic E-state index is 13.1. The van der Waals surface area contributed by atoms with E-state index in [0.717, 1.165) is 66.4 Å². The van der Waals surface area contributed by atoms with E-state index in [1.54, 1.807) is 6.33 Å². The van der Waals surface area contributed by atoms with Crippen LogP contribution in [0, 0.1) is 19.8 Å². The van der Waals surface area contributed by atoms with E-state index in [1.807, 2.05) is 19.1 Å². The number of nitrogens with one attached hydrogen (secondary N) is 1. The molecule has 2 aliphatic rings. The number of amides is 1. The van der Waals surface area contributed by atoms with Crippen LogP contribution in [0.2, 0.25) is 0 Å². The highest BCUT2D eigenvalue weighted by Crippen LogP contribution is 2.30. The summed E-state index contributed by atoms with van der Waals surface area (Å²) in [6.45, 7) is 6.63. The molecule has 2 aliphatic heterocycles. The summed E-state index contributed by atoms with van der Waals surface area (Å²) in [5.74, 6) is 2.01. The van der Waals surface area contributed by atoms with E-state index in [9.17, 15) is 4.79 Å². The van der Waals surface area contributed by atoms with Crippen molar-refractivity contribution in [1.29, 1.82) is 0 Å². The van der Waals surface area contributed by atoms with Crippen LogP contribution in [0.5, 0.6) is 0 Å². The van der Waals surface area contributed by atoms with Crippen LogP contribution in [0.4, 0.5) is 11.5 Å². The molecule has 0 radical (unpaired) electrons. The summed E-state index contributed by atoms with van der Waals surface area (Å²) in [5, 5.41) is 3.14. The topological polar surface area (TPSA) is 75.9 Å². The lowest BCUT2D eigenvalue weighted by Crippen LogP contribution is -2.41. The van der Waals surface area contributed by atoms with Gasteiger partial charge >= 0.3 is 0 Å². The van der Waals surface area contributed by atoms with Gasteiger partial charge in [-0.1, -0.05) is 24.1 Å². The van der Waals surface area contributed by atoms with Gasteiger partial charge in [0.2, 0.25) is 5.91 Å². The maximum Gasteiger partial charge on any atom is 0.229 e. The van der Waals surface area contributed by atoms with Crippen LogP contribution in [0.15, 0.2) is 24.5 Å². The minimum Gasteiger partial charge on any atom is -0.354 e. The van der Waals surface area contributed by atoms with Crippen molar-refractivity contribution in [2.75, 3.05) is 23.3 Å². The predicted molar refractivity (Wildman–Crippen MR) is 122 cm³/mol. The summed E-state index contributed by atoms with van der Waals surface area (Å²) in [6, 6.07) is 6.13. The summed E-state index contributed by atoms with van der Waals surface area (Å²) in [7, 11) is 0. The molecule has 1 amide bonds. The highest BCUT2D eigenvalue weighted by Gasteiger charge is 2.29. The van der Waals surface area contributed by atoms with Gasteiger partial charge in [-0.15, -0.1) is 0 Å². The number of carbonyl (C=O) groups is 1. The number of rotatable bonds is 3. The summed E-state index contributed by atoms with van der Waals surface area (Å²) in [4.78, 5) is 29.4. The molecule has 31 heavy (non-hydrogen) atoms. The Bertz CT molecular complexity index is 1120. The highest BCUT2D eigenvalue weighted by molar-refractivity contribution is 5.94. The molecule has 3 aromatic rings. The lowest BCUT2D eigenvalue weighted by molar-refractivity contribution is -0.120. The third kappa shape index (κ3) is 3.89. The van der Waals surface area contributed by atoms with E-state index < -0.39 is 0 Å². The van der Waals surface area contributed by atoms with Gasteiger partial charge in [0.05, 0.1) is 5.92 Å². The molecule has 1 aromatic carbocycles. The standard InChI is InChI=1S/C24H30N6O/c1-16-9-10-19(17(2)13-16)27-24(31)18-7-6-11-29(14-18)22-21-23(26-15-25-22)30-12-5-3-4-8-20(30)28-21/h9-10,13,15,18H,3-8,11-12,14H2,1-2H3,(H,27,31)/t18-/m1/s1. The van der Waals surface area contributed by atoms with Crippen molar-refractivity contribution in [3.8, 4) is 0 Å². The number of hydrogen-bond donors (Lipinski definition) is 1. The molecule has 0 bridgehead atoms. The summed E-state index contributed by atoms with van der Waals surface area (Å²) in [5.41, 5.74) is 5.01. The number of aromatic nitrogens is 4. The SMILES string of the molecule is Cc1ccc(NC(=O)[C@@H]2CCCN(c3ncnc4c3nc3n4CCCCC3)C2)c(C)c1. The van der Waals surface area contributed by atoms with E-state index in [-0.39, 0.29) is 11.8 Å². The minimum absolute atomic E-state index is 0.0695. The Labute approximate surface area is 182 Å². The zero-order valence-electron chi connectivity index (χ0n) is 18.4. The fourth-order valence-corrected chi connectivity index (χ4v) is 4.93. The third-order valence-electron chi connectivity index (χ3n) is 6.61. The summed E-state index contributed by atoms with van der Waals surface area (Å²) < 4.78 is 2.27. The number of anilines is 2. The zero-order chi connectivity index (χ0) is 21.4. The van der Waals surface area contributed by atoms with Gasteiger partial charge in [0, 0.05) is 31.7 Å². The van der Waals surface area contributed by atoms with Gasteiger partial charge < -0.3 is 14.8 Å². The monoisotopic (exact) mass is 418 g/mol. The molecule has 4 heterocycles. The first-order valence-corrected chi connectivity index (χ1v) is 11.4. The number of imidazole rings is 1. The molecule has 1 saturated heterocycles. The molecule has 0 saturated carbocycles. The van der Waals surface area contributed by atoms with Gasteiger partial charge in [0.25, 0.3) is 0 Å². The van der Waals surface area contributed by atoms with E-state index in [2.05, 4.69) is 37.7 Å². The van der Waals surface area contributed by atoms with Gasteiger partial charge in [0.1, 0.15) is 12.2 Å². The van der Waals surface area contributed by atoms with Crippen molar-refractivity contribution in [3.63, 3.8) is 0 Å². The summed E-state index contributed by atoms with van der Waals surface area (Å²) >= 11 is 0. The molecule has 5 rings (SSSR count). The van der Waals surface area contributed by atoms with Crippen molar-refractivity contribution < 1.29 is 4.79 Å². The molecular weight excluding hydrogens is 388 g/mol. The fourth-order valence-electron chi connectivity index (χ4n) is 4.93. The molecule has 0 spiro atoms. The van der Waals surface area contributed by atoms with E-state index >= 15 is 0 Å². The van der Waals surface area contributed by atoms with Crippen molar-refractivity contribution in [3.05, 3.63) is 41.5 Å². The molecule has 162 valence electrons. The molecule has 0 unspecified atom stereocenters. The Hall–Kier alpha value is -2.96. The number of carbonyl (C=O) groups excluding carboxylic acids is 1. The first-order valence-electron chi connectivity index (χ1n) is 11.4. The predicted octanol–water partition coefficient (Wildman–Crippen LogP) is 4.02. The van der Waals surface area contributed by atoms with Gasteiger partial charge in [-0.3, -0.25) is 4.79 Å². The molecule has 7 nitrogen and oxygen atoms in total. The van der Waals surface area contributed by atoms with Crippen LogP contribution in [0.3, 0.4) is 0 Å². The van der Waals surface area contributed by atoms with Gasteiger partial charge in [0.15, 0.2) is 17.0 Å². The lowest BCUT2D eigenvalue weighted by Gasteiger charge is -2.33. The highest BCUT2D eigenvalue weighted by atomic mass is 16.1. The molecule has 1 atom stereocenters. The largest absolute Gasteiger partial charge is 0.354 e. The Kier molecular flexibility index (Phi) is 5.34. The van der Waals surface area contributed by atoms with E-state index in [1.165, 1.54) is 24.8 Å². The Morgan fingerprint density at radius 1 is 1.10 bits per heavy atom. The van der Waals surface area contributed by atoms with Crippen molar-refractivity contribution in [1.82, 2.24) is 19.5 Å². The van der Waals surface area contributed by atoms with Crippen molar-refractivity contribution in [2.24, 2.45) is 5.92 Å². The quantitative estimate of drug-likeness (QED) is 0.695. The second kappa shape index (κ2) is 8.29. The van der Waals surface area contributed by atoms with Crippen LogP contribution in [0.1, 0.15) is 49.1 Å². The van der Waals surface area contributed by atoms with Crippen LogP contribution >= 0.6 is 0 Å². The first-order chi connectivity index (χ1) is 15.1. The van der Waals surface area contributed by atoms with E-state index in [0.29, 0.717) is 6.54 Å². The second-order valence-electron chi connectivity index (χ2n) is 8.95. The van der Waals surface area contributed by atoms with Gasteiger partial charge in [-0.2, -0.15) is 0 Å². The average molecular weight is 419 g/mol. The van der Waals surface area contributed by atoms with E-state index in [4.69, 9.17) is 4.98 Å². The minimum atomic E-state index is -0.0695. The summed E-state index contributed by atoms with van der Waals surface area (Å²) in [6.07, 6.45) is 8.09. The van der Waals surface area contributed by atoms with Gasteiger partial charge in [-0.05, 0) is 51.2 Å². The fraction of sp³-hybridized carbons (Fsp3) is 0.500. The number of fused-ring (bicyclic) bond motifs is 3. The molecule has 1 N–H and O–H groups in total. The van der Waals surface area contributed by atoms with Crippen LogP contribution < -0.4 is 10.2 Å². The molecule has 0 aliphatic carbocycles. The Morgan fingerprint density at radius 3 is 2.87 bits per heavy atom. The third-order valence-corrected chi connectivity index (χ3v) is 6.61. The second-order valence-corrected chi connectivity index (χ2v) is 8.95. The van der Waals surface area contributed by atoms with Crippen LogP contribution in [-0.4, -0.2) is 38.5 Å². The first kappa shape index (κ1) is 20.0. The number of piperidine rings is 1. The Morgan fingerprint density at radius 2 is 2.00 bits per heavy atom. The molecule has 2 aromatic heterocycles. The molecule has 7 heteroatoms. The Balaban J connectivity index is 1.38. The number of hydrogen-bond acceptors (Lipinski definition) is 5. The maximum absolute atomic E-state index is 13.1. The normalized spacial score (nSPS) is 19.2. The zero-order valence-corrected chi connectivity index (χ0v) is 18.4. The number of aryl methyl sites for hydroxylation is 4. The van der Waals surface area contributed by atoms with Crippen LogP contribution in [0.25, 0.3) is 11.2 Å². The van der Waals surface area contributed by atoms with Gasteiger partial charge in [-0.25, -0.2) is 15.0 Å². The lowest BCUT2D eigenvalue weighted by atomic mass is 9.96. The average Bonchev–Trinajstić information content (AvgIpc) is 2.96. The van der Waals surface area contributed by atoms with Crippen molar-refractivity contribution >= 4 is 28.6 Å². The smallest absolute Gasteiger partial charge is 0.229 e. The number of benzene rings is 1. The van der Waals surface area contributed by atoms with Crippen molar-refractivity contribution in [2.45, 2.75) is 58.9 Å². The van der Waals surface area contributed by atoms with Crippen LogP contribution in [-0.2, 0) is 17.8 Å².